The molecule has 0 aliphatic carbocycles. The highest BCUT2D eigenvalue weighted by Crippen LogP contribution is 1.80. The maximum absolute atomic E-state index is 3.62. The second-order valence-corrected chi connectivity index (χ2v) is 1.37. The second kappa shape index (κ2) is 6.90. The number of allylic oxidation sites excluding steroid dienone is 1. The van der Waals surface area contributed by atoms with Gasteiger partial charge in [0.2, 0.25) is 0 Å². The number of azo groups is 1. The molecule has 0 rings (SSSR count). The van der Waals surface area contributed by atoms with Crippen LogP contribution in [0.3, 0.4) is 0 Å². The summed E-state index contributed by atoms with van der Waals surface area (Å²) in [5.41, 5.74) is 0. The molecule has 0 aliphatic rings. The molecule has 48 valence electrons. The van der Waals surface area contributed by atoms with E-state index in [9.17, 15) is 0 Å². The molecule has 0 saturated carbocycles. The number of hydrogen-bond acceptors (Lipinski definition) is 2. The molecule has 0 atom stereocenters. The maximum atomic E-state index is 3.62. The lowest BCUT2D eigenvalue weighted by atomic mass is 10.5. The van der Waals surface area contributed by atoms with Crippen LogP contribution >= 0.6 is 0 Å². The summed E-state index contributed by atoms with van der Waals surface area (Å²) in [6, 6.07) is 2.46. The smallest absolute Gasteiger partial charge is 0.0573 e. The Labute approximate surface area is 55.7 Å². The van der Waals surface area contributed by atoms with Crippen molar-refractivity contribution >= 4 is 0 Å². The van der Waals surface area contributed by atoms with Crippen molar-refractivity contribution in [1.82, 2.24) is 0 Å². The minimum atomic E-state index is 0.985. The summed E-state index contributed by atoms with van der Waals surface area (Å²) in [6.45, 7) is 3.76. The standard InChI is InChI=1S/C7H10N2/c1-3-5-7-9-8-6-4-2/h5,7H,3H2,1-2H3/b7-5-,9-8-. The average Bonchev–Trinajstić information content (AvgIpc) is 1.89. The van der Waals surface area contributed by atoms with Gasteiger partial charge in [0.25, 0.3) is 0 Å². The highest BCUT2D eigenvalue weighted by molar-refractivity contribution is 4.92. The molecule has 0 radical (unpaired) electrons. The van der Waals surface area contributed by atoms with Crippen LogP contribution in [-0.2, 0) is 0 Å². The summed E-state index contributed by atoms with van der Waals surface area (Å²) in [5.74, 6) is 2.60. The van der Waals surface area contributed by atoms with Gasteiger partial charge in [-0.25, -0.2) is 0 Å². The van der Waals surface area contributed by atoms with Crippen LogP contribution in [-0.4, -0.2) is 0 Å². The predicted octanol–water partition coefficient (Wildman–Crippen LogP) is 2.34. The van der Waals surface area contributed by atoms with Crippen LogP contribution in [0.25, 0.3) is 0 Å². The van der Waals surface area contributed by atoms with Gasteiger partial charge in [0.1, 0.15) is 0 Å². The SMILES string of the molecule is CC#C/N=N\C=C/CC. The Balaban J connectivity index is 3.43. The molecule has 2 nitrogen and oxygen atoms in total. The number of rotatable bonds is 2. The highest BCUT2D eigenvalue weighted by Gasteiger charge is 1.61. The molecule has 0 aromatic rings. The molecule has 0 aliphatic heterocycles. The largest absolute Gasteiger partial charge is 0.150 e. The van der Waals surface area contributed by atoms with Crippen molar-refractivity contribution in [3.8, 4) is 12.0 Å². The summed E-state index contributed by atoms with van der Waals surface area (Å²) in [7, 11) is 0. The monoisotopic (exact) mass is 122 g/mol. The minimum absolute atomic E-state index is 0.985. The summed E-state index contributed by atoms with van der Waals surface area (Å²) >= 11 is 0. The fourth-order valence-electron chi connectivity index (χ4n) is 0.265. The first kappa shape index (κ1) is 7.90. The molecular formula is C7H10N2. The zero-order chi connectivity index (χ0) is 6.95. The van der Waals surface area contributed by atoms with Crippen LogP contribution in [0.4, 0.5) is 0 Å². The Hall–Kier alpha value is -1.10. The van der Waals surface area contributed by atoms with Gasteiger partial charge in [-0.3, -0.25) is 0 Å². The number of nitrogens with zero attached hydrogens (tertiary/aromatic N) is 2. The normalized spacial score (nSPS) is 10.0. The summed E-state index contributed by atoms with van der Waals surface area (Å²) in [5, 5.41) is 7.13. The van der Waals surface area contributed by atoms with Crippen molar-refractivity contribution in [2.45, 2.75) is 20.3 Å². The maximum Gasteiger partial charge on any atom is 0.0573 e. The quantitative estimate of drug-likeness (QED) is 0.396. The lowest BCUT2D eigenvalue weighted by molar-refractivity contribution is 1.18. The van der Waals surface area contributed by atoms with Gasteiger partial charge in [-0.1, -0.05) is 24.0 Å². The van der Waals surface area contributed by atoms with Crippen LogP contribution in [0.2, 0.25) is 0 Å². The van der Waals surface area contributed by atoms with E-state index in [2.05, 4.69) is 22.2 Å². The van der Waals surface area contributed by atoms with Gasteiger partial charge in [0, 0.05) is 6.20 Å². The molecule has 0 saturated heterocycles. The molecule has 0 heterocycles. The van der Waals surface area contributed by atoms with E-state index < -0.39 is 0 Å². The number of hydrogen-bond donors (Lipinski definition) is 0. The first-order valence-electron chi connectivity index (χ1n) is 2.88. The first-order valence-corrected chi connectivity index (χ1v) is 2.88. The van der Waals surface area contributed by atoms with E-state index in [1.807, 2.05) is 13.0 Å². The third-order valence-corrected chi connectivity index (χ3v) is 0.627. The van der Waals surface area contributed by atoms with Crippen molar-refractivity contribution in [3.05, 3.63) is 12.3 Å². The Bertz CT molecular complexity index is 157. The molecule has 0 spiro atoms. The van der Waals surface area contributed by atoms with Crippen LogP contribution in [0.15, 0.2) is 22.5 Å². The van der Waals surface area contributed by atoms with Gasteiger partial charge in [-0.15, -0.1) is 0 Å². The zero-order valence-electron chi connectivity index (χ0n) is 5.76. The lowest BCUT2D eigenvalue weighted by Gasteiger charge is -1.70. The Morgan fingerprint density at radius 3 is 2.89 bits per heavy atom. The van der Waals surface area contributed by atoms with Gasteiger partial charge >= 0.3 is 0 Å². The molecule has 9 heavy (non-hydrogen) atoms. The van der Waals surface area contributed by atoms with E-state index in [0.717, 1.165) is 6.42 Å². The summed E-state index contributed by atoms with van der Waals surface area (Å²) in [6.07, 6.45) is 4.55. The fraction of sp³-hybridized carbons (Fsp3) is 0.429. The molecule has 0 unspecified atom stereocenters. The summed E-state index contributed by atoms with van der Waals surface area (Å²) in [4.78, 5) is 0. The van der Waals surface area contributed by atoms with Crippen LogP contribution < -0.4 is 0 Å². The lowest BCUT2D eigenvalue weighted by Crippen LogP contribution is -1.50. The average molecular weight is 122 g/mol. The Kier molecular flexibility index (Phi) is 6.06. The van der Waals surface area contributed by atoms with Gasteiger partial charge in [-0.2, -0.15) is 5.11 Å². The Morgan fingerprint density at radius 1 is 1.56 bits per heavy atom. The van der Waals surface area contributed by atoms with Gasteiger partial charge < -0.3 is 0 Å². The van der Waals surface area contributed by atoms with Crippen molar-refractivity contribution in [3.63, 3.8) is 0 Å². The van der Waals surface area contributed by atoms with E-state index in [4.69, 9.17) is 0 Å². The van der Waals surface area contributed by atoms with Crippen LogP contribution in [0.5, 0.6) is 0 Å². The van der Waals surface area contributed by atoms with Crippen molar-refractivity contribution in [1.29, 1.82) is 0 Å². The third kappa shape index (κ3) is 6.90. The van der Waals surface area contributed by atoms with E-state index >= 15 is 0 Å². The first-order chi connectivity index (χ1) is 4.41. The topological polar surface area (TPSA) is 24.7 Å². The van der Waals surface area contributed by atoms with Gasteiger partial charge in [0.15, 0.2) is 0 Å². The third-order valence-electron chi connectivity index (χ3n) is 0.627. The molecule has 0 N–H and O–H groups in total. The van der Waals surface area contributed by atoms with Crippen molar-refractivity contribution < 1.29 is 0 Å². The highest BCUT2D eigenvalue weighted by atomic mass is 15.1. The molecule has 0 aromatic carbocycles. The van der Waals surface area contributed by atoms with E-state index in [1.54, 1.807) is 13.1 Å². The Morgan fingerprint density at radius 2 is 2.33 bits per heavy atom. The second-order valence-electron chi connectivity index (χ2n) is 1.37. The van der Waals surface area contributed by atoms with Gasteiger partial charge in [-0.05, 0) is 13.3 Å². The van der Waals surface area contributed by atoms with Crippen LogP contribution in [0.1, 0.15) is 20.3 Å². The molecular weight excluding hydrogens is 112 g/mol. The fourth-order valence-corrected chi connectivity index (χ4v) is 0.265. The molecule has 0 aromatic heterocycles. The summed E-state index contributed by atoms with van der Waals surface area (Å²) < 4.78 is 0. The van der Waals surface area contributed by atoms with E-state index in [1.165, 1.54) is 0 Å². The molecule has 2 heteroatoms. The van der Waals surface area contributed by atoms with E-state index in [-0.39, 0.29) is 0 Å². The van der Waals surface area contributed by atoms with E-state index in [0.29, 0.717) is 0 Å². The molecule has 0 amide bonds. The van der Waals surface area contributed by atoms with Crippen molar-refractivity contribution in [2.24, 2.45) is 10.2 Å². The van der Waals surface area contributed by atoms with Crippen LogP contribution in [0, 0.1) is 12.0 Å². The molecule has 0 fully saturated rings. The van der Waals surface area contributed by atoms with Crippen molar-refractivity contribution in [2.75, 3.05) is 0 Å². The minimum Gasteiger partial charge on any atom is -0.150 e. The van der Waals surface area contributed by atoms with Gasteiger partial charge in [0.05, 0.1) is 6.04 Å². The predicted molar refractivity (Wildman–Crippen MR) is 37.7 cm³/mol. The molecule has 0 bridgehead atoms. The zero-order valence-corrected chi connectivity index (χ0v) is 5.76.